The minimum atomic E-state index is -0.570. The highest BCUT2D eigenvalue weighted by atomic mass is 16.5. The van der Waals surface area contributed by atoms with Crippen LogP contribution in [0.25, 0.3) is 0 Å². The number of esters is 1. The van der Waals surface area contributed by atoms with E-state index in [4.69, 9.17) is 10.5 Å². The van der Waals surface area contributed by atoms with Crippen LogP contribution in [0.1, 0.15) is 24.2 Å². The Labute approximate surface area is 99.9 Å². The normalized spacial score (nSPS) is 11.7. The Kier molecular flexibility index (Phi) is 4.66. The van der Waals surface area contributed by atoms with Gasteiger partial charge in [0.05, 0.1) is 18.2 Å². The van der Waals surface area contributed by atoms with Gasteiger partial charge < -0.3 is 15.8 Å². The fraction of sp³-hybridized carbons (Fsp3) is 0.333. The molecular formula is C12H16N2O3. The molecule has 0 saturated carbocycles. The van der Waals surface area contributed by atoms with Crippen LogP contribution in [0, 0.1) is 0 Å². The summed E-state index contributed by atoms with van der Waals surface area (Å²) in [6, 6.07) is 5.88. The van der Waals surface area contributed by atoms with Gasteiger partial charge in [0.2, 0.25) is 5.91 Å². The van der Waals surface area contributed by atoms with Crippen molar-refractivity contribution in [1.82, 2.24) is 0 Å². The number of anilines is 1. The third-order valence-electron chi connectivity index (χ3n) is 2.08. The quantitative estimate of drug-likeness (QED) is 0.768. The molecule has 0 heterocycles. The molecule has 0 aliphatic rings. The first-order valence-corrected chi connectivity index (χ1v) is 5.38. The first-order chi connectivity index (χ1) is 8.04. The van der Waals surface area contributed by atoms with Crippen LogP contribution in [0.5, 0.6) is 0 Å². The Morgan fingerprint density at radius 3 is 2.41 bits per heavy atom. The average Bonchev–Trinajstić information content (AvgIpc) is 2.30. The summed E-state index contributed by atoms with van der Waals surface area (Å²) in [5.74, 6) is -0.647. The van der Waals surface area contributed by atoms with Crippen LogP contribution < -0.4 is 11.1 Å². The molecule has 0 radical (unpaired) electrons. The monoisotopic (exact) mass is 236 g/mol. The summed E-state index contributed by atoms with van der Waals surface area (Å²) in [5, 5.41) is 2.62. The van der Waals surface area contributed by atoms with E-state index in [-0.39, 0.29) is 11.9 Å². The van der Waals surface area contributed by atoms with Gasteiger partial charge in [0, 0.05) is 5.69 Å². The summed E-state index contributed by atoms with van der Waals surface area (Å²) < 4.78 is 4.84. The van der Waals surface area contributed by atoms with Crippen molar-refractivity contribution < 1.29 is 14.3 Å². The Hall–Kier alpha value is -1.88. The van der Waals surface area contributed by atoms with Crippen molar-refractivity contribution in [2.45, 2.75) is 19.9 Å². The van der Waals surface area contributed by atoms with Gasteiger partial charge in [0.25, 0.3) is 0 Å². The minimum absolute atomic E-state index is 0.270. The van der Waals surface area contributed by atoms with Crippen molar-refractivity contribution in [2.24, 2.45) is 5.73 Å². The maximum absolute atomic E-state index is 11.4. The van der Waals surface area contributed by atoms with E-state index in [1.807, 2.05) is 0 Å². The van der Waals surface area contributed by atoms with E-state index in [0.29, 0.717) is 17.9 Å². The molecule has 0 aromatic heterocycles. The van der Waals surface area contributed by atoms with Gasteiger partial charge in [-0.25, -0.2) is 4.79 Å². The Morgan fingerprint density at radius 2 is 1.94 bits per heavy atom. The first kappa shape index (κ1) is 13.2. The third-order valence-corrected chi connectivity index (χ3v) is 2.08. The zero-order valence-electron chi connectivity index (χ0n) is 9.90. The van der Waals surface area contributed by atoms with Gasteiger partial charge in [-0.2, -0.15) is 0 Å². The number of carbonyl (C=O) groups is 2. The van der Waals surface area contributed by atoms with Crippen LogP contribution in [-0.4, -0.2) is 24.5 Å². The molecule has 1 rings (SSSR count). The highest BCUT2D eigenvalue weighted by molar-refractivity contribution is 5.95. The number of amides is 1. The Bertz CT molecular complexity index is 399. The summed E-state index contributed by atoms with van der Waals surface area (Å²) in [6.45, 7) is 3.68. The van der Waals surface area contributed by atoms with E-state index in [2.05, 4.69) is 5.32 Å². The number of hydrogen-bond donors (Lipinski definition) is 2. The number of hydrogen-bond acceptors (Lipinski definition) is 4. The zero-order valence-corrected chi connectivity index (χ0v) is 9.90. The average molecular weight is 236 g/mol. The smallest absolute Gasteiger partial charge is 0.338 e. The Balaban J connectivity index is 2.68. The Morgan fingerprint density at radius 1 is 1.35 bits per heavy atom. The van der Waals surface area contributed by atoms with E-state index in [1.165, 1.54) is 0 Å². The molecule has 0 aliphatic carbocycles. The molecule has 3 N–H and O–H groups in total. The van der Waals surface area contributed by atoms with E-state index < -0.39 is 6.04 Å². The first-order valence-electron chi connectivity index (χ1n) is 5.38. The molecule has 0 spiro atoms. The lowest BCUT2D eigenvalue weighted by molar-refractivity contribution is -0.117. The van der Waals surface area contributed by atoms with Crippen LogP contribution in [0.15, 0.2) is 24.3 Å². The van der Waals surface area contributed by atoms with E-state index in [0.717, 1.165) is 0 Å². The molecule has 0 aliphatic heterocycles. The summed E-state index contributed by atoms with van der Waals surface area (Å²) in [6.07, 6.45) is 0. The summed E-state index contributed by atoms with van der Waals surface area (Å²) in [7, 11) is 0. The predicted molar refractivity (Wildman–Crippen MR) is 64.7 cm³/mol. The van der Waals surface area contributed by atoms with Crippen LogP contribution in [0.3, 0.4) is 0 Å². The third kappa shape index (κ3) is 3.88. The lowest BCUT2D eigenvalue weighted by Crippen LogP contribution is -2.32. The van der Waals surface area contributed by atoms with Crippen LogP contribution in [-0.2, 0) is 9.53 Å². The minimum Gasteiger partial charge on any atom is -0.462 e. The van der Waals surface area contributed by atoms with Crippen LogP contribution >= 0.6 is 0 Å². The van der Waals surface area contributed by atoms with E-state index in [9.17, 15) is 9.59 Å². The summed E-state index contributed by atoms with van der Waals surface area (Å²) in [4.78, 5) is 22.7. The summed E-state index contributed by atoms with van der Waals surface area (Å²) in [5.41, 5.74) is 6.46. The zero-order chi connectivity index (χ0) is 12.8. The molecule has 0 fully saturated rings. The summed E-state index contributed by atoms with van der Waals surface area (Å²) >= 11 is 0. The fourth-order valence-electron chi connectivity index (χ4n) is 1.16. The lowest BCUT2D eigenvalue weighted by atomic mass is 10.2. The predicted octanol–water partition coefficient (Wildman–Crippen LogP) is 1.15. The number of carbonyl (C=O) groups excluding carboxylic acids is 2. The molecule has 1 amide bonds. The molecule has 17 heavy (non-hydrogen) atoms. The van der Waals surface area contributed by atoms with Gasteiger partial charge in [-0.05, 0) is 38.1 Å². The van der Waals surface area contributed by atoms with Gasteiger partial charge in [0.1, 0.15) is 0 Å². The lowest BCUT2D eigenvalue weighted by Gasteiger charge is -2.08. The van der Waals surface area contributed by atoms with Crippen molar-refractivity contribution in [1.29, 1.82) is 0 Å². The molecule has 1 aromatic rings. The van der Waals surface area contributed by atoms with E-state index in [1.54, 1.807) is 38.1 Å². The SMILES string of the molecule is CCOC(=O)c1ccc(NC(=O)C(C)N)cc1. The molecule has 1 aromatic carbocycles. The second-order valence-corrected chi connectivity index (χ2v) is 3.58. The van der Waals surface area contributed by atoms with Crippen molar-refractivity contribution >= 4 is 17.6 Å². The number of nitrogens with two attached hydrogens (primary N) is 1. The van der Waals surface area contributed by atoms with Crippen molar-refractivity contribution in [3.8, 4) is 0 Å². The second kappa shape index (κ2) is 6.00. The molecule has 1 atom stereocenters. The molecule has 5 nitrogen and oxygen atoms in total. The molecule has 0 bridgehead atoms. The fourth-order valence-corrected chi connectivity index (χ4v) is 1.16. The van der Waals surface area contributed by atoms with Crippen molar-refractivity contribution in [2.75, 3.05) is 11.9 Å². The van der Waals surface area contributed by atoms with Gasteiger partial charge in [-0.1, -0.05) is 0 Å². The largest absolute Gasteiger partial charge is 0.462 e. The molecule has 5 heteroatoms. The number of ether oxygens (including phenoxy) is 1. The highest BCUT2D eigenvalue weighted by Crippen LogP contribution is 2.10. The number of nitrogens with one attached hydrogen (secondary N) is 1. The van der Waals surface area contributed by atoms with Crippen molar-refractivity contribution in [3.63, 3.8) is 0 Å². The molecule has 92 valence electrons. The molecular weight excluding hydrogens is 220 g/mol. The van der Waals surface area contributed by atoms with Gasteiger partial charge in [0.15, 0.2) is 0 Å². The van der Waals surface area contributed by atoms with Crippen LogP contribution in [0.4, 0.5) is 5.69 Å². The van der Waals surface area contributed by atoms with Crippen molar-refractivity contribution in [3.05, 3.63) is 29.8 Å². The van der Waals surface area contributed by atoms with E-state index >= 15 is 0 Å². The highest BCUT2D eigenvalue weighted by Gasteiger charge is 2.09. The van der Waals surface area contributed by atoms with Gasteiger partial charge in [-0.15, -0.1) is 0 Å². The topological polar surface area (TPSA) is 81.4 Å². The standard InChI is InChI=1S/C12H16N2O3/c1-3-17-12(16)9-4-6-10(7-5-9)14-11(15)8(2)13/h4-8H,3,13H2,1-2H3,(H,14,15). The maximum atomic E-state index is 11.4. The number of rotatable bonds is 4. The maximum Gasteiger partial charge on any atom is 0.338 e. The van der Waals surface area contributed by atoms with Gasteiger partial charge >= 0.3 is 5.97 Å². The number of benzene rings is 1. The molecule has 1 unspecified atom stereocenters. The van der Waals surface area contributed by atoms with Crippen LogP contribution in [0.2, 0.25) is 0 Å². The van der Waals surface area contributed by atoms with Gasteiger partial charge in [-0.3, -0.25) is 4.79 Å². The molecule has 0 saturated heterocycles. The second-order valence-electron chi connectivity index (χ2n) is 3.58.